The number of nitrogens with zero attached hydrogens (tertiary/aromatic N) is 2. The molecule has 2 aromatic heterocycles. The number of ether oxygens (including phenoxy) is 1. The minimum absolute atomic E-state index is 0.0612. The lowest BCUT2D eigenvalue weighted by Gasteiger charge is -2.19. The minimum atomic E-state index is -0.894. The lowest BCUT2D eigenvalue weighted by molar-refractivity contribution is 0.0856. The van der Waals surface area contributed by atoms with Crippen molar-refractivity contribution in [2.45, 2.75) is 33.9 Å². The van der Waals surface area contributed by atoms with E-state index < -0.39 is 33.8 Å². The number of carbonyl (C=O) groups excluding carboxylic acids is 1. The van der Waals surface area contributed by atoms with Crippen LogP contribution in [0.2, 0.25) is 0 Å². The Morgan fingerprint density at radius 3 is 2.33 bits per heavy atom. The van der Waals surface area contributed by atoms with Crippen molar-refractivity contribution in [3.63, 3.8) is 0 Å². The number of methoxy groups -OCH3 is 1. The number of fused-ring (bicyclic) bond motifs is 1. The molecule has 3 rings (SSSR count). The van der Waals surface area contributed by atoms with E-state index in [0.29, 0.717) is 11.3 Å². The lowest BCUT2D eigenvalue weighted by Crippen LogP contribution is -2.31. The Morgan fingerprint density at radius 1 is 1.13 bits per heavy atom. The number of hydrogen-bond donors (Lipinski definition) is 1. The quantitative estimate of drug-likeness (QED) is 0.649. The van der Waals surface area contributed by atoms with E-state index in [4.69, 9.17) is 4.74 Å². The Labute approximate surface area is 172 Å². The van der Waals surface area contributed by atoms with E-state index in [1.54, 1.807) is 32.9 Å². The molecule has 3 aromatic rings. The average molecular weight is 414 g/mol. The summed E-state index contributed by atoms with van der Waals surface area (Å²) in [5.74, 6) is -1.64. The number of pyridine rings is 1. The molecule has 0 atom stereocenters. The van der Waals surface area contributed by atoms with Crippen LogP contribution in [0, 0.1) is 11.2 Å². The van der Waals surface area contributed by atoms with Crippen molar-refractivity contribution >= 4 is 11.3 Å². The number of ketones is 1. The molecule has 0 radical (unpaired) electrons. The van der Waals surface area contributed by atoms with Crippen LogP contribution < -0.4 is 11.0 Å². The Balaban J connectivity index is 2.29. The molecule has 30 heavy (non-hydrogen) atoms. The molecule has 8 heteroatoms. The van der Waals surface area contributed by atoms with Crippen LogP contribution in [0.4, 0.5) is 4.39 Å². The maximum absolute atomic E-state index is 13.2. The summed E-state index contributed by atoms with van der Waals surface area (Å²) in [5.41, 5.74) is -1.70. The molecule has 7 nitrogen and oxygen atoms in total. The number of rotatable bonds is 5. The molecule has 158 valence electrons. The Hall–Kier alpha value is -3.26. The average Bonchev–Trinajstić information content (AvgIpc) is 2.68. The second kappa shape index (κ2) is 7.87. The number of aromatic hydroxyl groups is 1. The van der Waals surface area contributed by atoms with Gasteiger partial charge in [0.05, 0.1) is 24.4 Å². The first kappa shape index (κ1) is 21.4. The van der Waals surface area contributed by atoms with Crippen LogP contribution in [0.1, 0.15) is 42.4 Å². The van der Waals surface area contributed by atoms with Gasteiger partial charge in [0.25, 0.3) is 5.56 Å². The van der Waals surface area contributed by atoms with Crippen LogP contribution >= 0.6 is 0 Å². The van der Waals surface area contributed by atoms with Crippen LogP contribution in [0.5, 0.6) is 5.75 Å². The highest BCUT2D eigenvalue weighted by atomic mass is 19.1. The van der Waals surface area contributed by atoms with Crippen molar-refractivity contribution in [1.29, 1.82) is 0 Å². The van der Waals surface area contributed by atoms with Crippen LogP contribution in [-0.4, -0.2) is 27.0 Å². The molecule has 0 amide bonds. The van der Waals surface area contributed by atoms with Crippen molar-refractivity contribution in [2.24, 2.45) is 5.41 Å². The number of carbonyl (C=O) groups is 1. The highest BCUT2D eigenvalue weighted by Crippen LogP contribution is 2.22. The summed E-state index contributed by atoms with van der Waals surface area (Å²) in [7, 11) is 1.46. The lowest BCUT2D eigenvalue weighted by atomic mass is 9.87. The first-order valence-electron chi connectivity index (χ1n) is 9.33. The van der Waals surface area contributed by atoms with Gasteiger partial charge in [0.2, 0.25) is 5.43 Å². The molecular formula is C22H23FN2O5. The van der Waals surface area contributed by atoms with Gasteiger partial charge in [-0.3, -0.25) is 14.4 Å². The Kier molecular flexibility index (Phi) is 5.63. The van der Waals surface area contributed by atoms with Crippen LogP contribution in [-0.2, 0) is 17.9 Å². The van der Waals surface area contributed by atoms with Gasteiger partial charge in [0.15, 0.2) is 17.0 Å². The molecule has 0 fully saturated rings. The smallest absolute Gasteiger partial charge is 0.279 e. The predicted molar refractivity (Wildman–Crippen MR) is 110 cm³/mol. The fraction of sp³-hybridized carbons (Fsp3) is 0.318. The number of Topliss-reactive ketones (excluding diaryl/α,β-unsaturated/α-hetero) is 1. The van der Waals surface area contributed by atoms with E-state index in [9.17, 15) is 23.9 Å². The molecule has 0 unspecified atom stereocenters. The second-order valence-corrected chi connectivity index (χ2v) is 8.13. The summed E-state index contributed by atoms with van der Waals surface area (Å²) in [5, 5.41) is 10.6. The maximum atomic E-state index is 13.2. The fourth-order valence-electron chi connectivity index (χ4n) is 3.19. The highest BCUT2D eigenvalue weighted by molar-refractivity contribution is 6.00. The topological polar surface area (TPSA) is 90.0 Å². The van der Waals surface area contributed by atoms with Crippen LogP contribution in [0.3, 0.4) is 0 Å². The molecule has 1 aromatic carbocycles. The van der Waals surface area contributed by atoms with Gasteiger partial charge >= 0.3 is 0 Å². The van der Waals surface area contributed by atoms with E-state index in [1.165, 1.54) is 40.6 Å². The van der Waals surface area contributed by atoms with Gasteiger partial charge < -0.3 is 18.8 Å². The summed E-state index contributed by atoms with van der Waals surface area (Å²) in [6, 6.07) is 5.64. The standard InChI is InChI=1S/C22H23FN2O5/c1-22(2,3)20(28)16-11-25-15(12-30-4)10-24(9-13-5-7-14(23)8-6-13)21(29)17(25)19(27)18(16)26/h5-8,10-11,27H,9,12H2,1-4H3. The number of hydrogen-bond acceptors (Lipinski definition) is 5. The molecule has 0 aliphatic rings. The van der Waals surface area contributed by atoms with E-state index in [2.05, 4.69) is 0 Å². The molecule has 0 aliphatic carbocycles. The molecule has 0 spiro atoms. The fourth-order valence-corrected chi connectivity index (χ4v) is 3.19. The molecule has 0 bridgehead atoms. The monoisotopic (exact) mass is 414 g/mol. The Bertz CT molecular complexity index is 1230. The summed E-state index contributed by atoms with van der Waals surface area (Å²) < 4.78 is 21.0. The van der Waals surface area contributed by atoms with E-state index >= 15 is 0 Å². The SMILES string of the molecule is COCc1cn(Cc2ccc(F)cc2)c(=O)c2c(O)c(=O)c(C(=O)C(C)(C)C)cn12. The van der Waals surface area contributed by atoms with Crippen molar-refractivity contribution in [1.82, 2.24) is 8.97 Å². The molecule has 0 saturated heterocycles. The first-order valence-corrected chi connectivity index (χ1v) is 9.33. The second-order valence-electron chi connectivity index (χ2n) is 8.13. The van der Waals surface area contributed by atoms with Crippen molar-refractivity contribution in [3.05, 3.63) is 79.9 Å². The van der Waals surface area contributed by atoms with Gasteiger partial charge in [0.1, 0.15) is 5.82 Å². The van der Waals surface area contributed by atoms with E-state index in [0.717, 1.165) is 0 Å². The number of benzene rings is 1. The number of halogens is 1. The van der Waals surface area contributed by atoms with Gasteiger partial charge in [0, 0.05) is 24.9 Å². The zero-order chi connectivity index (χ0) is 22.2. The van der Waals surface area contributed by atoms with E-state index in [-0.39, 0.29) is 24.2 Å². The molecular weight excluding hydrogens is 391 g/mol. The van der Waals surface area contributed by atoms with Gasteiger partial charge in [-0.05, 0) is 17.7 Å². The van der Waals surface area contributed by atoms with Gasteiger partial charge in [-0.25, -0.2) is 4.39 Å². The summed E-state index contributed by atoms with van der Waals surface area (Å²) in [4.78, 5) is 38.4. The molecule has 1 N–H and O–H groups in total. The largest absolute Gasteiger partial charge is 0.503 e. The van der Waals surface area contributed by atoms with Gasteiger partial charge in [-0.2, -0.15) is 0 Å². The first-order chi connectivity index (χ1) is 14.0. The van der Waals surface area contributed by atoms with Gasteiger partial charge in [-0.1, -0.05) is 32.9 Å². The highest BCUT2D eigenvalue weighted by Gasteiger charge is 2.28. The third-order valence-corrected chi connectivity index (χ3v) is 4.75. The van der Waals surface area contributed by atoms with Crippen LogP contribution in [0.15, 0.2) is 46.2 Å². The van der Waals surface area contributed by atoms with Gasteiger partial charge in [-0.15, -0.1) is 0 Å². The summed E-state index contributed by atoms with van der Waals surface area (Å²) >= 11 is 0. The zero-order valence-electron chi connectivity index (χ0n) is 17.2. The van der Waals surface area contributed by atoms with E-state index in [1.807, 2.05) is 0 Å². The van der Waals surface area contributed by atoms with Crippen molar-refractivity contribution in [2.75, 3.05) is 7.11 Å². The third kappa shape index (κ3) is 3.91. The molecule has 0 saturated carbocycles. The zero-order valence-corrected chi connectivity index (χ0v) is 17.2. The summed E-state index contributed by atoms with van der Waals surface area (Å²) in [6.45, 7) is 5.15. The minimum Gasteiger partial charge on any atom is -0.503 e. The van der Waals surface area contributed by atoms with Crippen molar-refractivity contribution in [3.8, 4) is 5.75 Å². The normalized spacial score (nSPS) is 11.8. The third-order valence-electron chi connectivity index (χ3n) is 4.75. The number of aromatic nitrogens is 2. The predicted octanol–water partition coefficient (Wildman–Crippen LogP) is 2.73. The maximum Gasteiger partial charge on any atom is 0.279 e. The summed E-state index contributed by atoms with van der Waals surface area (Å²) in [6.07, 6.45) is 2.81. The molecule has 2 heterocycles. The Morgan fingerprint density at radius 2 is 1.77 bits per heavy atom. The van der Waals surface area contributed by atoms with Crippen molar-refractivity contribution < 1.29 is 19.0 Å². The van der Waals surface area contributed by atoms with Crippen LogP contribution in [0.25, 0.3) is 5.52 Å². The molecule has 0 aliphatic heterocycles.